The number of aromatic nitrogens is 1. The minimum absolute atomic E-state index is 0.343. The van der Waals surface area contributed by atoms with Crippen molar-refractivity contribution in [1.82, 2.24) is 4.98 Å². The van der Waals surface area contributed by atoms with Crippen molar-refractivity contribution in [2.24, 2.45) is 0 Å². The maximum Gasteiger partial charge on any atom is 0.343 e. The number of nitrogens with zero attached hydrogens (tertiary/aromatic N) is 1. The number of rotatable bonds is 3. The summed E-state index contributed by atoms with van der Waals surface area (Å²) in [7, 11) is 1.60. The van der Waals surface area contributed by atoms with E-state index < -0.39 is 5.97 Å². The van der Waals surface area contributed by atoms with E-state index in [9.17, 15) is 4.79 Å². The first-order chi connectivity index (χ1) is 12.6. The number of carbonyl (C=O) groups is 1. The molecule has 4 rings (SSSR count). The smallest absolute Gasteiger partial charge is 0.343 e. The summed E-state index contributed by atoms with van der Waals surface area (Å²) in [5.41, 5.74) is 2.70. The van der Waals surface area contributed by atoms with Crippen LogP contribution in [0.25, 0.3) is 22.7 Å². The summed E-state index contributed by atoms with van der Waals surface area (Å²) in [5.74, 6) is 0.817. The van der Waals surface area contributed by atoms with E-state index in [1.54, 1.807) is 19.3 Å². The first-order valence-electron chi connectivity index (χ1n) is 7.99. The lowest BCUT2D eigenvalue weighted by Gasteiger charge is -2.03. The van der Waals surface area contributed by atoms with Crippen LogP contribution in [-0.2, 0) is 9.53 Å². The highest BCUT2D eigenvalue weighted by Gasteiger charge is 2.22. The van der Waals surface area contributed by atoms with Crippen molar-refractivity contribution in [2.75, 3.05) is 7.11 Å². The first kappa shape index (κ1) is 16.4. The lowest BCUT2D eigenvalue weighted by Crippen LogP contribution is -1.97. The van der Waals surface area contributed by atoms with Crippen molar-refractivity contribution in [2.45, 2.75) is 0 Å². The SMILES string of the molecule is COc1ccc(C2=C/C(=C/c3cc4ccccc4nc3Cl)C(=O)O2)cc1. The van der Waals surface area contributed by atoms with Crippen LogP contribution in [-0.4, -0.2) is 18.1 Å². The standard InChI is InChI=1S/C21H14ClNO3/c1-25-17-8-6-13(7-9-17)19-12-16(21(24)26-19)11-15-10-14-4-2-3-5-18(14)23-20(15)22/h2-12H,1H3/b16-11-. The summed E-state index contributed by atoms with van der Waals surface area (Å²) in [6.07, 6.45) is 3.40. The molecule has 0 saturated heterocycles. The van der Waals surface area contributed by atoms with Gasteiger partial charge >= 0.3 is 5.97 Å². The van der Waals surface area contributed by atoms with Gasteiger partial charge in [0.15, 0.2) is 0 Å². The van der Waals surface area contributed by atoms with Gasteiger partial charge < -0.3 is 9.47 Å². The molecule has 26 heavy (non-hydrogen) atoms. The van der Waals surface area contributed by atoms with Crippen LogP contribution in [0.1, 0.15) is 11.1 Å². The van der Waals surface area contributed by atoms with E-state index in [1.807, 2.05) is 54.6 Å². The van der Waals surface area contributed by atoms with E-state index in [1.165, 1.54) is 0 Å². The van der Waals surface area contributed by atoms with Gasteiger partial charge in [0.05, 0.1) is 18.2 Å². The van der Waals surface area contributed by atoms with E-state index in [0.29, 0.717) is 22.0 Å². The molecular weight excluding hydrogens is 350 g/mol. The second-order valence-electron chi connectivity index (χ2n) is 5.79. The maximum atomic E-state index is 12.2. The van der Waals surface area contributed by atoms with Crippen molar-refractivity contribution in [3.63, 3.8) is 0 Å². The zero-order chi connectivity index (χ0) is 18.1. The van der Waals surface area contributed by atoms with Crippen molar-refractivity contribution < 1.29 is 14.3 Å². The molecule has 0 bridgehead atoms. The summed E-state index contributed by atoms with van der Waals surface area (Å²) >= 11 is 6.27. The molecular formula is C21H14ClNO3. The van der Waals surface area contributed by atoms with Gasteiger partial charge in [-0.2, -0.15) is 0 Å². The predicted molar refractivity (Wildman–Crippen MR) is 102 cm³/mol. The minimum atomic E-state index is -0.417. The van der Waals surface area contributed by atoms with Gasteiger partial charge in [0.25, 0.3) is 0 Å². The Morgan fingerprint density at radius 3 is 2.65 bits per heavy atom. The Labute approximate surface area is 155 Å². The number of cyclic esters (lactones) is 1. The van der Waals surface area contributed by atoms with Crippen molar-refractivity contribution in [1.29, 1.82) is 0 Å². The van der Waals surface area contributed by atoms with Gasteiger partial charge in [-0.05, 0) is 48.6 Å². The normalized spacial score (nSPS) is 15.2. The molecule has 4 nitrogen and oxygen atoms in total. The third-order valence-corrected chi connectivity index (χ3v) is 4.42. The Morgan fingerprint density at radius 1 is 1.12 bits per heavy atom. The fourth-order valence-corrected chi connectivity index (χ4v) is 2.96. The number of ether oxygens (including phenoxy) is 2. The number of esters is 1. The number of para-hydroxylation sites is 1. The highest BCUT2D eigenvalue weighted by molar-refractivity contribution is 6.31. The fraction of sp³-hybridized carbons (Fsp3) is 0.0476. The molecule has 3 aromatic rings. The van der Waals surface area contributed by atoms with Gasteiger partial charge in [0.2, 0.25) is 0 Å². The maximum absolute atomic E-state index is 12.2. The molecule has 1 aromatic heterocycles. The minimum Gasteiger partial charge on any atom is -0.497 e. The molecule has 128 valence electrons. The molecule has 2 aromatic carbocycles. The molecule has 1 aliphatic rings. The van der Waals surface area contributed by atoms with E-state index in [-0.39, 0.29) is 0 Å². The zero-order valence-electron chi connectivity index (χ0n) is 13.9. The Morgan fingerprint density at radius 2 is 1.88 bits per heavy atom. The zero-order valence-corrected chi connectivity index (χ0v) is 14.7. The Kier molecular flexibility index (Phi) is 4.19. The lowest BCUT2D eigenvalue weighted by atomic mass is 10.1. The van der Waals surface area contributed by atoms with Crippen LogP contribution in [0.2, 0.25) is 5.15 Å². The van der Waals surface area contributed by atoms with Crippen LogP contribution in [0.5, 0.6) is 5.75 Å². The van der Waals surface area contributed by atoms with Gasteiger partial charge in [0, 0.05) is 16.5 Å². The lowest BCUT2D eigenvalue weighted by molar-refractivity contribution is -0.130. The van der Waals surface area contributed by atoms with E-state index in [0.717, 1.165) is 22.2 Å². The molecule has 5 heteroatoms. The van der Waals surface area contributed by atoms with Crippen LogP contribution in [0.15, 0.2) is 66.2 Å². The number of hydrogen-bond donors (Lipinski definition) is 0. The second kappa shape index (κ2) is 6.65. The fourth-order valence-electron chi connectivity index (χ4n) is 2.76. The predicted octanol–water partition coefficient (Wildman–Crippen LogP) is 4.88. The average Bonchev–Trinajstić information content (AvgIpc) is 3.03. The quantitative estimate of drug-likeness (QED) is 0.378. The van der Waals surface area contributed by atoms with Crippen LogP contribution in [0.4, 0.5) is 0 Å². The summed E-state index contributed by atoms with van der Waals surface area (Å²) in [4.78, 5) is 16.6. The highest BCUT2D eigenvalue weighted by Crippen LogP contribution is 2.30. The Bertz CT molecular complexity index is 1070. The highest BCUT2D eigenvalue weighted by atomic mass is 35.5. The van der Waals surface area contributed by atoms with E-state index >= 15 is 0 Å². The van der Waals surface area contributed by atoms with E-state index in [4.69, 9.17) is 21.1 Å². The molecule has 1 aliphatic heterocycles. The molecule has 0 unspecified atom stereocenters. The molecule has 0 atom stereocenters. The van der Waals surface area contributed by atoms with Gasteiger partial charge in [-0.15, -0.1) is 0 Å². The monoisotopic (exact) mass is 363 g/mol. The van der Waals surface area contributed by atoms with Crippen molar-refractivity contribution in [3.05, 3.63) is 82.5 Å². The van der Waals surface area contributed by atoms with Gasteiger partial charge in [0.1, 0.15) is 16.7 Å². The number of benzene rings is 2. The van der Waals surface area contributed by atoms with Crippen LogP contribution < -0.4 is 4.74 Å². The molecule has 2 heterocycles. The topological polar surface area (TPSA) is 48.4 Å². The number of hydrogen-bond acceptors (Lipinski definition) is 4. The Hall–Kier alpha value is -3.11. The van der Waals surface area contributed by atoms with E-state index in [2.05, 4.69) is 4.98 Å². The third kappa shape index (κ3) is 3.07. The molecule has 0 saturated carbocycles. The van der Waals surface area contributed by atoms with Gasteiger partial charge in [-0.3, -0.25) is 0 Å². The number of carbonyl (C=O) groups excluding carboxylic acids is 1. The summed E-state index contributed by atoms with van der Waals surface area (Å²) in [6.45, 7) is 0. The summed E-state index contributed by atoms with van der Waals surface area (Å²) < 4.78 is 10.5. The van der Waals surface area contributed by atoms with Crippen molar-refractivity contribution in [3.8, 4) is 5.75 Å². The molecule has 0 N–H and O–H groups in total. The largest absolute Gasteiger partial charge is 0.497 e. The number of halogens is 1. The van der Waals surface area contributed by atoms with Crippen LogP contribution in [0.3, 0.4) is 0 Å². The average molecular weight is 364 g/mol. The number of pyridine rings is 1. The van der Waals surface area contributed by atoms with Gasteiger partial charge in [-0.25, -0.2) is 9.78 Å². The molecule has 0 aliphatic carbocycles. The summed E-state index contributed by atoms with van der Waals surface area (Å²) in [5, 5.41) is 1.30. The Balaban J connectivity index is 1.71. The molecule has 0 amide bonds. The number of methoxy groups -OCH3 is 1. The van der Waals surface area contributed by atoms with Gasteiger partial charge in [-0.1, -0.05) is 29.8 Å². The number of fused-ring (bicyclic) bond motifs is 1. The second-order valence-corrected chi connectivity index (χ2v) is 6.15. The molecule has 0 radical (unpaired) electrons. The van der Waals surface area contributed by atoms with Crippen LogP contribution >= 0.6 is 11.6 Å². The summed E-state index contributed by atoms with van der Waals surface area (Å²) in [6, 6.07) is 16.9. The van der Waals surface area contributed by atoms with Crippen molar-refractivity contribution >= 4 is 40.3 Å². The first-order valence-corrected chi connectivity index (χ1v) is 8.37. The van der Waals surface area contributed by atoms with Crippen LogP contribution in [0, 0.1) is 0 Å². The molecule has 0 spiro atoms. The third-order valence-electron chi connectivity index (χ3n) is 4.12. The molecule has 0 fully saturated rings.